The lowest BCUT2D eigenvalue weighted by Crippen LogP contribution is -2.13. The highest BCUT2D eigenvalue weighted by molar-refractivity contribution is 9.10. The molecule has 0 saturated carbocycles. The molecule has 1 amide bonds. The van der Waals surface area contributed by atoms with Gasteiger partial charge in [-0.2, -0.15) is 0 Å². The van der Waals surface area contributed by atoms with Gasteiger partial charge in [-0.25, -0.2) is 4.98 Å². The minimum Gasteiger partial charge on any atom is -0.372 e. The van der Waals surface area contributed by atoms with Crippen LogP contribution in [0.15, 0.2) is 28.9 Å². The van der Waals surface area contributed by atoms with Crippen molar-refractivity contribution in [2.24, 2.45) is 0 Å². The Morgan fingerprint density at radius 3 is 2.57 bits per heavy atom. The summed E-state index contributed by atoms with van der Waals surface area (Å²) in [6.07, 6.45) is 1.46. The van der Waals surface area contributed by atoms with E-state index in [1.54, 1.807) is 19.2 Å². The van der Waals surface area contributed by atoms with Gasteiger partial charge in [0.25, 0.3) is 5.91 Å². The summed E-state index contributed by atoms with van der Waals surface area (Å²) in [7, 11) is 1.71. The minimum absolute atomic E-state index is 0.312. The van der Waals surface area contributed by atoms with Crippen molar-refractivity contribution < 1.29 is 4.79 Å². The van der Waals surface area contributed by atoms with E-state index in [1.165, 1.54) is 6.20 Å². The Morgan fingerprint density at radius 1 is 1.24 bits per heavy atom. The normalized spacial score (nSPS) is 10.3. The van der Waals surface area contributed by atoms with Gasteiger partial charge >= 0.3 is 0 Å². The zero-order chi connectivity index (χ0) is 15.6. The number of hydrogen-bond acceptors (Lipinski definition) is 3. The van der Waals surface area contributed by atoms with Crippen LogP contribution in [0, 0.1) is 6.92 Å². The maximum absolute atomic E-state index is 12.2. The summed E-state index contributed by atoms with van der Waals surface area (Å²) in [6, 6.07) is 5.09. The third-order valence-electron chi connectivity index (χ3n) is 2.84. The molecular weight excluding hydrogens is 377 g/mol. The molecule has 0 radical (unpaired) electrons. The van der Waals surface area contributed by atoms with E-state index in [1.807, 2.05) is 13.0 Å². The fraction of sp³-hybridized carbons (Fsp3) is 0.143. The van der Waals surface area contributed by atoms with Crippen molar-refractivity contribution in [3.8, 4) is 0 Å². The zero-order valence-corrected chi connectivity index (χ0v) is 14.4. The quantitative estimate of drug-likeness (QED) is 0.797. The van der Waals surface area contributed by atoms with Gasteiger partial charge in [-0.15, -0.1) is 0 Å². The summed E-state index contributed by atoms with van der Waals surface area (Å²) in [5.74, 6) is 0.209. The van der Waals surface area contributed by atoms with Crippen molar-refractivity contribution in [2.45, 2.75) is 6.92 Å². The van der Waals surface area contributed by atoms with Crippen LogP contribution >= 0.6 is 39.1 Å². The predicted molar refractivity (Wildman–Crippen MR) is 90.6 cm³/mol. The highest BCUT2D eigenvalue weighted by Gasteiger charge is 2.12. The molecule has 0 spiro atoms. The summed E-state index contributed by atoms with van der Waals surface area (Å²) in [5.41, 5.74) is 1.87. The number of halogens is 3. The second-order valence-corrected chi connectivity index (χ2v) is 6.01. The summed E-state index contributed by atoms with van der Waals surface area (Å²) >= 11 is 15.5. The van der Waals surface area contributed by atoms with Crippen molar-refractivity contribution in [2.75, 3.05) is 17.7 Å². The molecule has 0 fully saturated rings. The van der Waals surface area contributed by atoms with Gasteiger partial charge in [0.2, 0.25) is 0 Å². The standard InChI is InChI=1S/C14H12BrCl2N3O/c1-7-3-9(15)12(5-10(7)16)20-14(21)8-4-11(17)13(18-2)19-6-8/h3-6H,1-2H3,(H,18,19)(H,20,21). The Balaban J connectivity index is 2.26. The highest BCUT2D eigenvalue weighted by atomic mass is 79.9. The van der Waals surface area contributed by atoms with Crippen molar-refractivity contribution >= 4 is 56.5 Å². The van der Waals surface area contributed by atoms with Gasteiger partial charge in [0.15, 0.2) is 0 Å². The number of anilines is 2. The van der Waals surface area contributed by atoms with Crippen LogP contribution in [0.4, 0.5) is 11.5 Å². The molecule has 0 aliphatic heterocycles. The largest absolute Gasteiger partial charge is 0.372 e. The average Bonchev–Trinajstić information content (AvgIpc) is 2.44. The van der Waals surface area contributed by atoms with Crippen LogP contribution in [-0.2, 0) is 0 Å². The Labute approximate surface area is 141 Å². The second-order valence-electron chi connectivity index (χ2n) is 4.34. The molecule has 2 rings (SSSR count). The Bertz CT molecular complexity index is 707. The van der Waals surface area contributed by atoms with Gasteiger partial charge in [-0.3, -0.25) is 4.79 Å². The summed E-state index contributed by atoms with van der Waals surface area (Å²) in [6.45, 7) is 1.89. The molecule has 4 nitrogen and oxygen atoms in total. The van der Waals surface area contributed by atoms with Crippen LogP contribution < -0.4 is 10.6 Å². The number of benzene rings is 1. The van der Waals surface area contributed by atoms with Crippen LogP contribution in [0.2, 0.25) is 10.0 Å². The van der Waals surface area contributed by atoms with Gasteiger partial charge in [-0.1, -0.05) is 23.2 Å². The number of rotatable bonds is 3. The predicted octanol–water partition coefficient (Wildman–Crippen LogP) is 4.75. The third kappa shape index (κ3) is 3.67. The zero-order valence-electron chi connectivity index (χ0n) is 11.3. The summed E-state index contributed by atoms with van der Waals surface area (Å²) in [5, 5.41) is 6.56. The van der Waals surface area contributed by atoms with Crippen LogP contribution in [0.5, 0.6) is 0 Å². The lowest BCUT2D eigenvalue weighted by molar-refractivity contribution is 0.102. The second kappa shape index (κ2) is 6.64. The number of hydrogen-bond donors (Lipinski definition) is 2. The number of nitrogens with zero attached hydrogens (tertiary/aromatic N) is 1. The van der Waals surface area contributed by atoms with Crippen LogP contribution in [0.1, 0.15) is 15.9 Å². The van der Waals surface area contributed by atoms with Crippen molar-refractivity contribution in [1.82, 2.24) is 4.98 Å². The third-order valence-corrected chi connectivity index (χ3v) is 4.19. The molecule has 0 aliphatic carbocycles. The fourth-order valence-electron chi connectivity index (χ4n) is 1.68. The fourth-order valence-corrected chi connectivity index (χ4v) is 2.66. The molecule has 2 N–H and O–H groups in total. The molecule has 0 unspecified atom stereocenters. The van der Waals surface area contributed by atoms with E-state index >= 15 is 0 Å². The molecule has 0 aliphatic rings. The van der Waals surface area contributed by atoms with E-state index in [0.29, 0.717) is 27.1 Å². The topological polar surface area (TPSA) is 54.0 Å². The lowest BCUT2D eigenvalue weighted by atomic mass is 10.2. The van der Waals surface area contributed by atoms with E-state index in [2.05, 4.69) is 31.5 Å². The van der Waals surface area contributed by atoms with Crippen LogP contribution in [-0.4, -0.2) is 17.9 Å². The van der Waals surface area contributed by atoms with Crippen molar-refractivity contribution in [3.05, 3.63) is 50.0 Å². The summed E-state index contributed by atoms with van der Waals surface area (Å²) in [4.78, 5) is 16.3. The smallest absolute Gasteiger partial charge is 0.257 e. The van der Waals surface area contributed by atoms with Crippen molar-refractivity contribution in [1.29, 1.82) is 0 Å². The first-order valence-corrected chi connectivity index (χ1v) is 7.57. The molecular formula is C14H12BrCl2N3O. The van der Waals surface area contributed by atoms with E-state index in [4.69, 9.17) is 23.2 Å². The number of aromatic nitrogens is 1. The first-order valence-electron chi connectivity index (χ1n) is 6.02. The molecule has 1 heterocycles. The van der Waals surface area contributed by atoms with E-state index in [0.717, 1.165) is 10.0 Å². The maximum Gasteiger partial charge on any atom is 0.257 e. The molecule has 0 atom stereocenters. The minimum atomic E-state index is -0.312. The van der Waals surface area contributed by atoms with Gasteiger partial charge in [0.1, 0.15) is 5.82 Å². The van der Waals surface area contributed by atoms with Crippen molar-refractivity contribution in [3.63, 3.8) is 0 Å². The van der Waals surface area contributed by atoms with Crippen LogP contribution in [0.3, 0.4) is 0 Å². The average molecular weight is 389 g/mol. The molecule has 2 aromatic rings. The highest BCUT2D eigenvalue weighted by Crippen LogP contribution is 2.29. The van der Waals surface area contributed by atoms with Crippen LogP contribution in [0.25, 0.3) is 0 Å². The van der Waals surface area contributed by atoms with E-state index in [-0.39, 0.29) is 5.91 Å². The Morgan fingerprint density at radius 2 is 1.95 bits per heavy atom. The monoisotopic (exact) mass is 387 g/mol. The van der Waals surface area contributed by atoms with E-state index in [9.17, 15) is 4.79 Å². The molecule has 21 heavy (non-hydrogen) atoms. The Kier molecular flexibility index (Phi) is 5.08. The number of pyridine rings is 1. The molecule has 0 bridgehead atoms. The van der Waals surface area contributed by atoms with Gasteiger partial charge < -0.3 is 10.6 Å². The molecule has 0 saturated heterocycles. The Hall–Kier alpha value is -1.30. The number of aryl methyl sites for hydroxylation is 1. The molecule has 110 valence electrons. The van der Waals surface area contributed by atoms with E-state index < -0.39 is 0 Å². The summed E-state index contributed by atoms with van der Waals surface area (Å²) < 4.78 is 0.753. The molecule has 7 heteroatoms. The number of carbonyl (C=O) groups excluding carboxylic acids is 1. The molecule has 1 aromatic carbocycles. The number of carbonyl (C=O) groups is 1. The van der Waals surface area contributed by atoms with Gasteiger partial charge in [-0.05, 0) is 46.6 Å². The number of nitrogens with one attached hydrogen (secondary N) is 2. The molecule has 1 aromatic heterocycles. The maximum atomic E-state index is 12.2. The lowest BCUT2D eigenvalue weighted by Gasteiger charge is -2.10. The first-order chi connectivity index (χ1) is 9.92. The SMILES string of the molecule is CNc1ncc(C(=O)Nc2cc(Cl)c(C)cc2Br)cc1Cl. The first kappa shape index (κ1) is 16.1. The van der Waals surface area contributed by atoms with Gasteiger partial charge in [0, 0.05) is 22.7 Å². The number of amides is 1. The van der Waals surface area contributed by atoms with Gasteiger partial charge in [0.05, 0.1) is 16.3 Å².